The molecule has 0 fully saturated rings. The van der Waals surface area contributed by atoms with Gasteiger partial charge in [-0.25, -0.2) is 4.98 Å². The largest absolute Gasteiger partial charge is 0.490 e. The van der Waals surface area contributed by atoms with Gasteiger partial charge in [0.2, 0.25) is 0 Å². The molecule has 3 aromatic rings. The molecule has 0 unspecified atom stereocenters. The Balaban J connectivity index is 0.00000192. The van der Waals surface area contributed by atoms with Crippen molar-refractivity contribution in [2.75, 3.05) is 10.6 Å². The molecule has 1 radical (unpaired) electrons. The number of carbonyl (C=O) groups is 1. The first-order valence-corrected chi connectivity index (χ1v) is 6.73. The standard InChI is InChI=1S/C15H10ClN4O2.Re/c16-11-3-1-2-4-12(11)19-15(22)13-8-17-14-7-10(18-9-21)5-6-20(13)14;/h1-8H,(H,18,21)(H,19,22);/q-1;. The van der Waals surface area contributed by atoms with E-state index in [4.69, 9.17) is 11.6 Å². The summed E-state index contributed by atoms with van der Waals surface area (Å²) < 4.78 is 1.61. The Bertz CT molecular complexity index is 866. The maximum atomic E-state index is 12.3. The summed E-state index contributed by atoms with van der Waals surface area (Å²) >= 11 is 6.02. The fourth-order valence-corrected chi connectivity index (χ4v) is 2.22. The Hall–Kier alpha value is -2.20. The van der Waals surface area contributed by atoms with E-state index in [-0.39, 0.29) is 26.3 Å². The summed E-state index contributed by atoms with van der Waals surface area (Å²) in [7, 11) is 0. The van der Waals surface area contributed by atoms with Gasteiger partial charge in [0.1, 0.15) is 11.3 Å². The Morgan fingerprint density at radius 2 is 2.04 bits per heavy atom. The second kappa shape index (κ2) is 7.38. The number of rotatable bonds is 4. The van der Waals surface area contributed by atoms with Crippen LogP contribution in [-0.4, -0.2) is 21.7 Å². The van der Waals surface area contributed by atoms with Crippen molar-refractivity contribution in [2.45, 2.75) is 0 Å². The van der Waals surface area contributed by atoms with Crippen LogP contribution in [0.2, 0.25) is 5.02 Å². The third-order valence-corrected chi connectivity index (χ3v) is 3.39. The fraction of sp³-hybridized carbons (Fsp3) is 0. The summed E-state index contributed by atoms with van der Waals surface area (Å²) in [6.07, 6.45) is 4.68. The van der Waals surface area contributed by atoms with Crippen LogP contribution in [0.3, 0.4) is 0 Å². The number of imidazole rings is 1. The number of halogens is 1. The van der Waals surface area contributed by atoms with E-state index in [1.165, 1.54) is 6.20 Å². The van der Waals surface area contributed by atoms with Gasteiger partial charge in [-0.05, 0) is 18.3 Å². The third kappa shape index (κ3) is 3.59. The molecule has 2 heterocycles. The zero-order valence-electron chi connectivity index (χ0n) is 11.6. The molecule has 0 aliphatic rings. The molecule has 0 saturated carbocycles. The first-order valence-electron chi connectivity index (χ1n) is 6.35. The van der Waals surface area contributed by atoms with Gasteiger partial charge in [-0.2, -0.15) is 0 Å². The van der Waals surface area contributed by atoms with Crippen molar-refractivity contribution in [3.8, 4) is 0 Å². The Morgan fingerprint density at radius 1 is 1.26 bits per heavy atom. The number of pyridine rings is 1. The van der Waals surface area contributed by atoms with Crippen LogP contribution in [0.4, 0.5) is 11.4 Å². The van der Waals surface area contributed by atoms with Crippen LogP contribution in [0.1, 0.15) is 10.5 Å². The average Bonchev–Trinajstić information content (AvgIpc) is 2.93. The van der Waals surface area contributed by atoms with Gasteiger partial charge in [-0.15, -0.1) is 11.8 Å². The van der Waals surface area contributed by atoms with Crippen molar-refractivity contribution < 1.29 is 30.0 Å². The summed E-state index contributed by atoms with van der Waals surface area (Å²) in [5.41, 5.74) is 1.96. The van der Waals surface area contributed by atoms with Crippen LogP contribution in [-0.2, 0) is 25.2 Å². The first-order chi connectivity index (χ1) is 10.7. The van der Waals surface area contributed by atoms with E-state index in [0.717, 1.165) is 0 Å². The van der Waals surface area contributed by atoms with E-state index in [1.54, 1.807) is 53.4 Å². The molecule has 117 valence electrons. The van der Waals surface area contributed by atoms with Crippen molar-refractivity contribution in [1.29, 1.82) is 0 Å². The van der Waals surface area contributed by atoms with E-state index in [0.29, 0.717) is 27.7 Å². The molecule has 1 aromatic carbocycles. The van der Waals surface area contributed by atoms with Crippen LogP contribution in [0.15, 0.2) is 48.8 Å². The number of benzene rings is 1. The minimum absolute atomic E-state index is 0. The molecule has 2 N–H and O–H groups in total. The van der Waals surface area contributed by atoms with E-state index >= 15 is 0 Å². The molecule has 0 aliphatic carbocycles. The van der Waals surface area contributed by atoms with Crippen LogP contribution >= 0.6 is 11.6 Å². The number of para-hydroxylation sites is 1. The number of nitrogens with one attached hydrogen (secondary N) is 2. The van der Waals surface area contributed by atoms with Gasteiger partial charge < -0.3 is 15.4 Å². The van der Waals surface area contributed by atoms with E-state index < -0.39 is 0 Å². The van der Waals surface area contributed by atoms with Crippen LogP contribution in [0.25, 0.3) is 5.65 Å². The average molecular weight is 500 g/mol. The van der Waals surface area contributed by atoms with Crippen molar-refractivity contribution in [2.24, 2.45) is 0 Å². The quantitative estimate of drug-likeness (QED) is 0.428. The zero-order chi connectivity index (χ0) is 15.5. The van der Waals surface area contributed by atoms with Gasteiger partial charge in [0.15, 0.2) is 0 Å². The summed E-state index contributed by atoms with van der Waals surface area (Å²) in [4.78, 5) is 26.8. The normalized spacial score (nSPS) is 9.96. The number of amides is 2. The second-order valence-corrected chi connectivity index (χ2v) is 4.86. The molecule has 0 aliphatic heterocycles. The molecule has 6 nitrogen and oxygen atoms in total. The zero-order valence-corrected chi connectivity index (χ0v) is 15.1. The van der Waals surface area contributed by atoms with Crippen LogP contribution in [0, 0.1) is 0 Å². The summed E-state index contributed by atoms with van der Waals surface area (Å²) in [5, 5.41) is 5.60. The van der Waals surface area contributed by atoms with Crippen molar-refractivity contribution in [3.63, 3.8) is 0 Å². The number of carbonyl (C=O) groups excluding carboxylic acids is 2. The van der Waals surface area contributed by atoms with Gasteiger partial charge in [0.05, 0.1) is 23.3 Å². The van der Waals surface area contributed by atoms with Gasteiger partial charge in [-0.3, -0.25) is 9.20 Å². The summed E-state index contributed by atoms with van der Waals surface area (Å²) in [6.45, 7) is 0. The molecule has 3 rings (SSSR count). The van der Waals surface area contributed by atoms with E-state index in [9.17, 15) is 9.59 Å². The maximum Gasteiger partial charge on any atom is 0.274 e. The molecule has 8 heteroatoms. The van der Waals surface area contributed by atoms with Crippen molar-refractivity contribution in [1.82, 2.24) is 9.38 Å². The Kier molecular flexibility index (Phi) is 5.51. The minimum atomic E-state index is -0.330. The molecular formula is C15H10ClN4O2Re-. The summed E-state index contributed by atoms with van der Waals surface area (Å²) in [6, 6.07) is 10.3. The minimum Gasteiger partial charge on any atom is -0.490 e. The number of hydrogen-bond donors (Lipinski definition) is 2. The smallest absolute Gasteiger partial charge is 0.274 e. The first kappa shape index (κ1) is 17.2. The third-order valence-electron chi connectivity index (χ3n) is 3.06. The molecule has 0 spiro atoms. The van der Waals surface area contributed by atoms with Crippen molar-refractivity contribution >= 4 is 40.9 Å². The fourth-order valence-electron chi connectivity index (χ4n) is 2.03. The number of fused-ring (bicyclic) bond motifs is 1. The predicted molar refractivity (Wildman–Crippen MR) is 83.9 cm³/mol. The van der Waals surface area contributed by atoms with Crippen molar-refractivity contribution in [3.05, 3.63) is 59.5 Å². The van der Waals surface area contributed by atoms with E-state index in [2.05, 4.69) is 15.6 Å². The molecule has 2 aromatic heterocycles. The number of aromatic nitrogens is 2. The van der Waals surface area contributed by atoms with Gasteiger partial charge >= 0.3 is 0 Å². The van der Waals surface area contributed by atoms with Gasteiger partial charge in [0.25, 0.3) is 5.91 Å². The number of anilines is 2. The number of hydrogen-bond acceptors (Lipinski definition) is 3. The molecule has 2 amide bonds. The number of nitrogens with zero attached hydrogens (tertiary/aromatic N) is 2. The molecule has 0 saturated heterocycles. The summed E-state index contributed by atoms with van der Waals surface area (Å²) in [5.74, 6) is -0.330. The monoisotopic (exact) mass is 500 g/mol. The molecule has 0 bridgehead atoms. The maximum absolute atomic E-state index is 12.3. The molecule has 23 heavy (non-hydrogen) atoms. The Labute approximate surface area is 150 Å². The molecule has 0 atom stereocenters. The Morgan fingerprint density at radius 3 is 2.78 bits per heavy atom. The van der Waals surface area contributed by atoms with Crippen LogP contribution in [0.5, 0.6) is 0 Å². The molecular weight excluding hydrogens is 490 g/mol. The predicted octanol–water partition coefficient (Wildman–Crippen LogP) is 2.72. The topological polar surface area (TPSA) is 75.5 Å². The van der Waals surface area contributed by atoms with Gasteiger partial charge in [0, 0.05) is 20.4 Å². The second-order valence-electron chi connectivity index (χ2n) is 4.45. The van der Waals surface area contributed by atoms with E-state index in [1.807, 2.05) is 0 Å². The van der Waals surface area contributed by atoms with Gasteiger partial charge in [-0.1, -0.05) is 29.8 Å². The SMILES string of the molecule is O=[C-]Nc1ccn2c(C(=O)Nc3ccccc3Cl)cnc2c1.[Re]. The van der Waals surface area contributed by atoms with Crippen LogP contribution < -0.4 is 10.6 Å².